The van der Waals surface area contributed by atoms with Crippen molar-refractivity contribution in [3.8, 4) is 17.2 Å². The van der Waals surface area contributed by atoms with Gasteiger partial charge in [0.25, 0.3) is 0 Å². The number of fused-ring (bicyclic) bond motifs is 1. The predicted octanol–water partition coefficient (Wildman–Crippen LogP) is 3.99. The number of hydrogen-bond acceptors (Lipinski definition) is 6. The van der Waals surface area contributed by atoms with Crippen LogP contribution >= 0.6 is 11.8 Å². The Hall–Kier alpha value is -2.54. The van der Waals surface area contributed by atoms with Crippen LogP contribution in [0.5, 0.6) is 11.5 Å². The van der Waals surface area contributed by atoms with Crippen LogP contribution in [0.25, 0.3) is 5.69 Å². The van der Waals surface area contributed by atoms with Crippen molar-refractivity contribution in [3.05, 3.63) is 53.1 Å². The minimum absolute atomic E-state index is 0.214. The maximum atomic E-state index is 5.92. The predicted molar refractivity (Wildman–Crippen MR) is 105 cm³/mol. The Morgan fingerprint density at radius 3 is 2.96 bits per heavy atom. The highest BCUT2D eigenvalue weighted by atomic mass is 32.2. The second-order valence-electron chi connectivity index (χ2n) is 6.58. The summed E-state index contributed by atoms with van der Waals surface area (Å²) in [5.41, 5.74) is 4.42. The first-order valence-corrected chi connectivity index (χ1v) is 10.1. The number of para-hydroxylation sites is 1. The highest BCUT2D eigenvalue weighted by molar-refractivity contribution is 7.98. The Labute approximate surface area is 162 Å². The highest BCUT2D eigenvalue weighted by Gasteiger charge is 2.22. The Morgan fingerprint density at radius 1 is 1.30 bits per heavy atom. The number of rotatable bonds is 6. The second-order valence-corrected chi connectivity index (χ2v) is 7.52. The van der Waals surface area contributed by atoms with Crippen molar-refractivity contribution in [2.75, 3.05) is 6.61 Å². The summed E-state index contributed by atoms with van der Waals surface area (Å²) in [5, 5.41) is 13.0. The summed E-state index contributed by atoms with van der Waals surface area (Å²) in [4.78, 5) is 0. The Kier molecular flexibility index (Phi) is 5.03. The van der Waals surface area contributed by atoms with Gasteiger partial charge in [-0.3, -0.25) is 0 Å². The van der Waals surface area contributed by atoms with E-state index >= 15 is 0 Å². The van der Waals surface area contributed by atoms with E-state index in [-0.39, 0.29) is 6.10 Å². The lowest BCUT2D eigenvalue weighted by Crippen LogP contribution is -2.05. The first-order chi connectivity index (χ1) is 13.2. The lowest BCUT2D eigenvalue weighted by atomic mass is 10.1. The van der Waals surface area contributed by atoms with E-state index in [2.05, 4.69) is 47.6 Å². The molecule has 6 nitrogen and oxygen atoms in total. The summed E-state index contributed by atoms with van der Waals surface area (Å²) in [6.07, 6.45) is 1.14. The molecule has 0 amide bonds. The fourth-order valence-electron chi connectivity index (χ4n) is 3.25. The molecule has 27 heavy (non-hydrogen) atoms. The van der Waals surface area contributed by atoms with Crippen LogP contribution in [0.3, 0.4) is 0 Å². The molecule has 0 bridgehead atoms. The zero-order valence-corrected chi connectivity index (χ0v) is 16.5. The van der Waals surface area contributed by atoms with Crippen LogP contribution in [0.1, 0.15) is 30.5 Å². The van der Waals surface area contributed by atoms with Gasteiger partial charge >= 0.3 is 0 Å². The van der Waals surface area contributed by atoms with Gasteiger partial charge in [-0.25, -0.2) is 0 Å². The Morgan fingerprint density at radius 2 is 2.15 bits per heavy atom. The lowest BCUT2D eigenvalue weighted by Gasteiger charge is -2.12. The molecule has 0 unspecified atom stereocenters. The fraction of sp³-hybridized carbons (Fsp3) is 0.350. The van der Waals surface area contributed by atoms with Gasteiger partial charge in [0.1, 0.15) is 17.6 Å². The molecule has 1 aromatic heterocycles. The first kappa shape index (κ1) is 17.9. The zero-order valence-electron chi connectivity index (χ0n) is 15.7. The largest absolute Gasteiger partial charge is 0.494 e. The Balaban J connectivity index is 1.59. The van der Waals surface area contributed by atoms with E-state index in [1.807, 2.05) is 25.1 Å². The third-order valence-corrected chi connectivity index (χ3v) is 5.49. The first-order valence-electron chi connectivity index (χ1n) is 9.08. The van der Waals surface area contributed by atoms with Crippen LogP contribution in [-0.4, -0.2) is 32.9 Å². The highest BCUT2D eigenvalue weighted by Crippen LogP contribution is 2.37. The third-order valence-electron chi connectivity index (χ3n) is 4.52. The molecule has 1 atom stereocenters. The molecule has 1 aliphatic heterocycles. The molecule has 0 saturated carbocycles. The molecular weight excluding hydrogens is 360 g/mol. The van der Waals surface area contributed by atoms with E-state index in [1.165, 1.54) is 5.56 Å². The third kappa shape index (κ3) is 3.64. The summed E-state index contributed by atoms with van der Waals surface area (Å²) in [6.45, 7) is 6.78. The van der Waals surface area contributed by atoms with Gasteiger partial charge in [0.05, 0.1) is 12.3 Å². The molecule has 1 aliphatic rings. The molecule has 4 rings (SSSR count). The minimum Gasteiger partial charge on any atom is -0.494 e. The van der Waals surface area contributed by atoms with Crippen LogP contribution in [0.15, 0.2) is 41.6 Å². The van der Waals surface area contributed by atoms with E-state index in [1.54, 1.807) is 16.4 Å². The molecule has 0 N–H and O–H groups in total. The zero-order chi connectivity index (χ0) is 18.8. The van der Waals surface area contributed by atoms with Gasteiger partial charge in [0, 0.05) is 23.3 Å². The summed E-state index contributed by atoms with van der Waals surface area (Å²) >= 11 is 1.59. The molecule has 0 fully saturated rings. The number of aromatic nitrogens is 4. The molecule has 140 valence electrons. The maximum Gasteiger partial charge on any atom is 0.214 e. The SMILES string of the molecule is CCOc1cc2c(cc1CSc1nnnn1-c1ccccc1C)O[C@H](C)C2. The maximum absolute atomic E-state index is 5.92. The van der Waals surface area contributed by atoms with E-state index in [4.69, 9.17) is 9.47 Å². The number of nitrogens with zero attached hydrogens (tertiary/aromatic N) is 4. The van der Waals surface area contributed by atoms with Gasteiger partial charge in [-0.2, -0.15) is 4.68 Å². The number of thioether (sulfide) groups is 1. The average molecular weight is 382 g/mol. The molecule has 0 aliphatic carbocycles. The normalized spacial score (nSPS) is 15.4. The summed E-state index contributed by atoms with van der Waals surface area (Å²) in [6, 6.07) is 12.3. The topological polar surface area (TPSA) is 62.1 Å². The van der Waals surface area contributed by atoms with Crippen LogP contribution in [0.4, 0.5) is 0 Å². The summed E-state index contributed by atoms with van der Waals surface area (Å²) in [7, 11) is 0. The van der Waals surface area contributed by atoms with Gasteiger partial charge in [-0.05, 0) is 55.0 Å². The number of tetrazole rings is 1. The second kappa shape index (κ2) is 7.60. The van der Waals surface area contributed by atoms with Gasteiger partial charge in [-0.15, -0.1) is 5.10 Å². The standard InChI is InChI=1S/C20H22N4O2S/c1-4-25-18-10-15-9-14(3)26-19(15)11-16(18)12-27-20-21-22-23-24(20)17-8-6-5-7-13(17)2/h5-8,10-11,14H,4,9,12H2,1-3H3/t14-/m1/s1. The monoisotopic (exact) mass is 382 g/mol. The number of aryl methyl sites for hydroxylation is 1. The molecule has 0 radical (unpaired) electrons. The van der Waals surface area contributed by atoms with Crippen molar-refractivity contribution < 1.29 is 9.47 Å². The summed E-state index contributed by atoms with van der Waals surface area (Å²) < 4.78 is 13.6. The molecule has 2 aromatic carbocycles. The minimum atomic E-state index is 0.214. The van der Waals surface area contributed by atoms with Gasteiger partial charge in [0.2, 0.25) is 5.16 Å². The van der Waals surface area contributed by atoms with Crippen LogP contribution in [0.2, 0.25) is 0 Å². The Bertz CT molecular complexity index is 957. The fourth-order valence-corrected chi connectivity index (χ4v) is 4.11. The van der Waals surface area contributed by atoms with Gasteiger partial charge in [0.15, 0.2) is 0 Å². The van der Waals surface area contributed by atoms with Crippen LogP contribution in [-0.2, 0) is 12.2 Å². The quantitative estimate of drug-likeness (QED) is 0.601. The van der Waals surface area contributed by atoms with Crippen molar-refractivity contribution in [2.45, 2.75) is 44.2 Å². The summed E-state index contributed by atoms with van der Waals surface area (Å²) in [5.74, 6) is 2.57. The van der Waals surface area contributed by atoms with Crippen molar-refractivity contribution in [3.63, 3.8) is 0 Å². The molecular formula is C20H22N4O2S. The van der Waals surface area contributed by atoms with E-state index < -0.39 is 0 Å². The smallest absolute Gasteiger partial charge is 0.214 e. The number of ether oxygens (including phenoxy) is 2. The van der Waals surface area contributed by atoms with Crippen molar-refractivity contribution in [1.29, 1.82) is 0 Å². The van der Waals surface area contributed by atoms with Crippen LogP contribution < -0.4 is 9.47 Å². The molecule has 0 saturated heterocycles. The van der Waals surface area contributed by atoms with Gasteiger partial charge in [-0.1, -0.05) is 30.0 Å². The van der Waals surface area contributed by atoms with E-state index in [0.29, 0.717) is 12.4 Å². The van der Waals surface area contributed by atoms with E-state index in [9.17, 15) is 0 Å². The van der Waals surface area contributed by atoms with Crippen molar-refractivity contribution in [2.24, 2.45) is 0 Å². The molecule has 7 heteroatoms. The van der Waals surface area contributed by atoms with Crippen molar-refractivity contribution in [1.82, 2.24) is 20.2 Å². The van der Waals surface area contributed by atoms with Gasteiger partial charge < -0.3 is 9.47 Å². The number of hydrogen-bond donors (Lipinski definition) is 0. The van der Waals surface area contributed by atoms with E-state index in [0.717, 1.165) is 39.9 Å². The molecule has 3 aromatic rings. The lowest BCUT2D eigenvalue weighted by molar-refractivity contribution is 0.254. The van der Waals surface area contributed by atoms with Crippen molar-refractivity contribution >= 4 is 11.8 Å². The van der Waals surface area contributed by atoms with Crippen LogP contribution in [0, 0.1) is 6.92 Å². The molecule has 2 heterocycles. The molecule has 0 spiro atoms. The average Bonchev–Trinajstić information content (AvgIpc) is 3.25. The number of benzene rings is 2.